The minimum Gasteiger partial charge on any atom is -0.512 e. The summed E-state index contributed by atoms with van der Waals surface area (Å²) in [5, 5.41) is 19.6. The first-order valence-corrected chi connectivity index (χ1v) is 29.5. The van der Waals surface area contributed by atoms with Crippen molar-refractivity contribution in [2.24, 2.45) is 33.0 Å². The topological polar surface area (TPSA) is 72.3 Å². The minimum atomic E-state index is -0.319. The first-order valence-electron chi connectivity index (χ1n) is 28.7. The Labute approximate surface area is 491 Å². The number of nitrogens with zero attached hydrogens (tertiary/aromatic N) is 2. The summed E-state index contributed by atoms with van der Waals surface area (Å²) in [5.74, 6) is 2.28. The van der Waals surface area contributed by atoms with Crippen molar-refractivity contribution in [1.29, 1.82) is 0 Å². The van der Waals surface area contributed by atoms with Gasteiger partial charge in [0.25, 0.3) is 0 Å². The van der Waals surface area contributed by atoms with Gasteiger partial charge in [0.05, 0.1) is 11.5 Å². The summed E-state index contributed by atoms with van der Waals surface area (Å²) in [5.41, 5.74) is 10.1. The Bertz CT molecular complexity index is 3350. The number of hydrogen-bond donors (Lipinski definition) is 1. The fourth-order valence-electron chi connectivity index (χ4n) is 11.2. The maximum Gasteiger partial charge on any atom is 0.164 e. The summed E-state index contributed by atoms with van der Waals surface area (Å²) in [6.45, 7) is 37.6. The van der Waals surface area contributed by atoms with E-state index in [1.807, 2.05) is 58.8 Å². The van der Waals surface area contributed by atoms with Crippen molar-refractivity contribution >= 4 is 60.6 Å². The first-order chi connectivity index (χ1) is 36.6. The monoisotopic (exact) mass is 1250 g/mol. The summed E-state index contributed by atoms with van der Waals surface area (Å²) >= 11 is 1.93. The van der Waals surface area contributed by atoms with Crippen LogP contribution < -0.4 is 4.74 Å². The Hall–Kier alpha value is -5.33. The molecule has 0 bridgehead atoms. The van der Waals surface area contributed by atoms with E-state index in [2.05, 4.69) is 180 Å². The number of aliphatic hydroxyl groups excluding tert-OH is 1. The quantitative estimate of drug-likeness (QED) is 0.0790. The molecule has 2 aliphatic rings. The number of ketones is 1. The molecule has 10 rings (SSSR count). The van der Waals surface area contributed by atoms with Gasteiger partial charge in [-0.1, -0.05) is 199 Å². The van der Waals surface area contributed by atoms with Gasteiger partial charge in [-0.25, -0.2) is 0 Å². The van der Waals surface area contributed by atoms with Gasteiger partial charge in [0, 0.05) is 71.6 Å². The average molecular weight is 1250 g/mol. The maximum absolute atomic E-state index is 12.0. The van der Waals surface area contributed by atoms with E-state index in [0.717, 1.165) is 90.6 Å². The van der Waals surface area contributed by atoms with Crippen LogP contribution in [0.1, 0.15) is 166 Å². The summed E-state index contributed by atoms with van der Waals surface area (Å²) in [4.78, 5) is 24.4. The van der Waals surface area contributed by atoms with Crippen molar-refractivity contribution in [3.63, 3.8) is 0 Å². The van der Waals surface area contributed by atoms with E-state index in [4.69, 9.17) is 14.7 Å². The number of fused-ring (bicyclic) bond motifs is 6. The second-order valence-corrected chi connectivity index (χ2v) is 28.3. The smallest absolute Gasteiger partial charge is 0.164 e. The number of allylic oxidation sites excluding steroid dienone is 2. The van der Waals surface area contributed by atoms with Crippen LogP contribution in [0.5, 0.6) is 11.5 Å². The van der Waals surface area contributed by atoms with Crippen LogP contribution in [0.25, 0.3) is 65.6 Å². The van der Waals surface area contributed by atoms with Gasteiger partial charge in [-0.3, -0.25) is 14.8 Å². The fraction of sp³-hybridized carbons (Fsp3) is 0.431. The predicted molar refractivity (Wildman–Crippen MR) is 332 cm³/mol. The molecule has 1 radical (unpaired) electrons. The third-order valence-electron chi connectivity index (χ3n) is 15.4. The Balaban J connectivity index is 0.000000180. The summed E-state index contributed by atoms with van der Waals surface area (Å²) in [6, 6.07) is 38.1. The molecule has 4 heterocycles. The van der Waals surface area contributed by atoms with Crippen LogP contribution in [-0.4, -0.2) is 20.9 Å². The van der Waals surface area contributed by atoms with E-state index in [1.165, 1.54) is 76.0 Å². The zero-order chi connectivity index (χ0) is 56.7. The average Bonchev–Trinajstić information content (AvgIpc) is 3.57. The first kappa shape index (κ1) is 61.3. The van der Waals surface area contributed by atoms with Gasteiger partial charge in [-0.05, 0) is 129 Å². The van der Waals surface area contributed by atoms with E-state index in [1.54, 1.807) is 0 Å². The van der Waals surface area contributed by atoms with Gasteiger partial charge in [0.1, 0.15) is 5.75 Å². The van der Waals surface area contributed by atoms with Crippen LogP contribution in [0.15, 0.2) is 119 Å². The largest absolute Gasteiger partial charge is 0.512 e. The van der Waals surface area contributed by atoms with Gasteiger partial charge in [0.2, 0.25) is 0 Å². The molecule has 1 N–H and O–H groups in total. The van der Waals surface area contributed by atoms with Crippen LogP contribution >= 0.6 is 11.8 Å². The molecule has 0 saturated carbocycles. The molecule has 5 nitrogen and oxygen atoms in total. The zero-order valence-corrected chi connectivity index (χ0v) is 53.7. The molecule has 2 aromatic heterocycles. The Morgan fingerprint density at radius 3 is 1.59 bits per heavy atom. The SMILES string of the molecule is CC(C)(C)Cc1cc2c3c(nccc3c1)-c1[c-]c3ccccc3c(CC(C)(C)C)c1O2.CC(C)(C)Cc1cc2c3c(nccc3c1)-c1[c-]c3ccccc3c(CC(C)(C)C)c1S2.CCC(CC)/C(O)=C/C(=O)C(C)(CC)CC.[Ir]. The van der Waals surface area contributed by atoms with E-state index >= 15 is 0 Å². The van der Waals surface area contributed by atoms with Crippen molar-refractivity contribution in [3.05, 3.63) is 144 Å². The Morgan fingerprint density at radius 2 is 1.08 bits per heavy atom. The molecule has 0 fully saturated rings. The second-order valence-electron chi connectivity index (χ2n) is 27.3. The third-order valence-corrected chi connectivity index (χ3v) is 16.6. The number of carbonyl (C=O) groups excluding carboxylic acids is 1. The molecular weight excluding hydrogens is 1170 g/mol. The van der Waals surface area contributed by atoms with Crippen LogP contribution in [0, 0.1) is 45.1 Å². The Morgan fingerprint density at radius 1 is 0.608 bits per heavy atom. The van der Waals surface area contributed by atoms with Crippen molar-refractivity contribution < 1.29 is 34.7 Å². The second kappa shape index (κ2) is 24.0. The molecule has 79 heavy (non-hydrogen) atoms. The van der Waals surface area contributed by atoms with Gasteiger partial charge in [0.15, 0.2) is 5.78 Å². The summed E-state index contributed by atoms with van der Waals surface area (Å²) in [7, 11) is 0. The van der Waals surface area contributed by atoms with Crippen LogP contribution in [-0.2, 0) is 50.6 Å². The molecule has 0 atom stereocenters. The predicted octanol–water partition coefficient (Wildman–Crippen LogP) is 20.9. The molecule has 0 unspecified atom stereocenters. The number of pyridine rings is 2. The van der Waals surface area contributed by atoms with Gasteiger partial charge in [-0.15, -0.1) is 46.8 Å². The van der Waals surface area contributed by atoms with Crippen molar-refractivity contribution in [2.45, 2.75) is 179 Å². The minimum absolute atomic E-state index is 0. The molecule has 2 aliphatic heterocycles. The van der Waals surface area contributed by atoms with Crippen molar-refractivity contribution in [3.8, 4) is 34.0 Å². The molecule has 0 spiro atoms. The number of rotatable bonds is 11. The summed E-state index contributed by atoms with van der Waals surface area (Å²) in [6.07, 6.45) is 12.7. The fourth-order valence-corrected chi connectivity index (χ4v) is 12.5. The normalized spacial score (nSPS) is 13.3. The van der Waals surface area contributed by atoms with Gasteiger partial charge >= 0.3 is 0 Å². The van der Waals surface area contributed by atoms with E-state index in [0.29, 0.717) is 0 Å². The van der Waals surface area contributed by atoms with E-state index in [-0.39, 0.29) is 64.6 Å². The zero-order valence-electron chi connectivity index (χ0n) is 50.4. The number of hydrogen-bond acceptors (Lipinski definition) is 6. The van der Waals surface area contributed by atoms with Crippen LogP contribution in [0.4, 0.5) is 0 Å². The molecule has 7 heteroatoms. The Kier molecular flexibility index (Phi) is 18.6. The molecule has 0 aliphatic carbocycles. The van der Waals surface area contributed by atoms with Gasteiger partial charge in [-0.2, -0.15) is 0 Å². The van der Waals surface area contributed by atoms with Gasteiger partial charge < -0.3 is 9.84 Å². The summed E-state index contributed by atoms with van der Waals surface area (Å²) < 4.78 is 6.72. The molecule has 0 saturated heterocycles. The molecular formula is C72H86IrN2O3S-2. The number of carbonyl (C=O) groups is 1. The number of aromatic nitrogens is 2. The standard InChI is InChI=1S/C29H30NO.C29H30NS.C14H26O2.Ir/c2*1-28(2,3)16-18-13-20-11-12-30-26-22-15-19-9-7-8-10-21(19)23(17-29(4,5)6)27(22)31-24(14-18)25(20)26;1-6-11(7-2)12(15)10-13(16)14(5,8-3)9-4;/h2*7-14H,16-17H2,1-6H3;10-11,15H,6-9H2,1-5H3;/q2*-1;;/b;;12-10-;. The number of ether oxygens (including phenoxy) is 1. The van der Waals surface area contributed by atoms with Crippen molar-refractivity contribution in [2.75, 3.05) is 0 Å². The third kappa shape index (κ3) is 14.1. The number of aliphatic hydroxyl groups is 1. The molecule has 6 aromatic carbocycles. The molecule has 8 aromatic rings. The van der Waals surface area contributed by atoms with Crippen LogP contribution in [0.3, 0.4) is 0 Å². The molecule has 419 valence electrons. The maximum atomic E-state index is 12.0. The van der Waals surface area contributed by atoms with E-state index in [9.17, 15) is 9.90 Å². The molecule has 0 amide bonds. The van der Waals surface area contributed by atoms with Crippen molar-refractivity contribution in [1.82, 2.24) is 9.97 Å². The number of benzene rings is 6. The van der Waals surface area contributed by atoms with Crippen LogP contribution in [0.2, 0.25) is 0 Å². The van der Waals surface area contributed by atoms with E-state index < -0.39 is 0 Å².